The molecule has 1 aliphatic rings. The third-order valence-corrected chi connectivity index (χ3v) is 4.94. The van der Waals surface area contributed by atoms with Gasteiger partial charge in [0.2, 0.25) is 10.0 Å². The van der Waals surface area contributed by atoms with E-state index in [1.54, 1.807) is 0 Å². The molecule has 0 amide bonds. The number of sulfonamides is 1. The van der Waals surface area contributed by atoms with Crippen molar-refractivity contribution in [2.45, 2.75) is 36.8 Å². The van der Waals surface area contributed by atoms with Gasteiger partial charge in [-0.3, -0.25) is 0 Å². The largest absolute Gasteiger partial charge is 0.381 e. The van der Waals surface area contributed by atoms with E-state index >= 15 is 0 Å². The van der Waals surface area contributed by atoms with Gasteiger partial charge in [0, 0.05) is 25.1 Å². The number of alkyl halides is 1. The van der Waals surface area contributed by atoms with Gasteiger partial charge in [0.25, 0.3) is 0 Å². The van der Waals surface area contributed by atoms with E-state index in [0.717, 1.165) is 6.42 Å². The van der Waals surface area contributed by atoms with E-state index < -0.39 is 10.0 Å². The van der Waals surface area contributed by atoms with Gasteiger partial charge in [-0.15, -0.1) is 11.6 Å². The molecule has 1 atom stereocenters. The first-order valence-corrected chi connectivity index (χ1v) is 7.25. The van der Waals surface area contributed by atoms with Crippen LogP contribution in [0, 0.1) is 0 Å². The number of hydrogen-bond donors (Lipinski definition) is 1. The van der Waals surface area contributed by atoms with E-state index in [-0.39, 0.29) is 10.6 Å². The molecule has 1 unspecified atom stereocenters. The van der Waals surface area contributed by atoms with Gasteiger partial charge in [0.05, 0.1) is 5.25 Å². The van der Waals surface area contributed by atoms with Crippen molar-refractivity contribution >= 4 is 21.6 Å². The van der Waals surface area contributed by atoms with Crippen molar-refractivity contribution in [1.82, 2.24) is 4.72 Å². The minimum Gasteiger partial charge on any atom is -0.381 e. The van der Waals surface area contributed by atoms with Crippen molar-refractivity contribution in [1.29, 1.82) is 0 Å². The summed E-state index contributed by atoms with van der Waals surface area (Å²) < 4.78 is 31.2. The maximum Gasteiger partial charge on any atom is 0.214 e. The average Bonchev–Trinajstić information content (AvgIpc) is 2.27. The van der Waals surface area contributed by atoms with Crippen LogP contribution >= 0.6 is 11.6 Å². The Morgan fingerprint density at radius 2 is 2.07 bits per heavy atom. The van der Waals surface area contributed by atoms with Crippen LogP contribution in [-0.2, 0) is 14.8 Å². The van der Waals surface area contributed by atoms with E-state index in [0.29, 0.717) is 32.6 Å². The Bertz CT molecular complexity index is 275. The van der Waals surface area contributed by atoms with Crippen molar-refractivity contribution in [2.24, 2.45) is 0 Å². The Morgan fingerprint density at radius 1 is 1.47 bits per heavy atom. The molecule has 1 rings (SSSR count). The molecule has 1 saturated heterocycles. The van der Waals surface area contributed by atoms with Crippen molar-refractivity contribution in [3.8, 4) is 0 Å². The molecule has 0 saturated carbocycles. The van der Waals surface area contributed by atoms with Gasteiger partial charge < -0.3 is 4.74 Å². The summed E-state index contributed by atoms with van der Waals surface area (Å²) in [5, 5.41) is -0.438. The van der Waals surface area contributed by atoms with Gasteiger partial charge >= 0.3 is 0 Å². The summed E-state index contributed by atoms with van der Waals surface area (Å²) in [6.07, 6.45) is 1.92. The first kappa shape index (κ1) is 13.2. The molecule has 1 N–H and O–H groups in total. The van der Waals surface area contributed by atoms with Crippen LogP contribution in [-0.4, -0.2) is 38.8 Å². The molecule has 0 aromatic rings. The van der Waals surface area contributed by atoms with Crippen LogP contribution < -0.4 is 4.72 Å². The monoisotopic (exact) mass is 255 g/mol. The van der Waals surface area contributed by atoms with Crippen molar-refractivity contribution in [3.63, 3.8) is 0 Å². The lowest BCUT2D eigenvalue weighted by Crippen LogP contribution is -2.40. The van der Waals surface area contributed by atoms with Crippen LogP contribution in [0.15, 0.2) is 0 Å². The molecule has 1 fully saturated rings. The zero-order valence-corrected chi connectivity index (χ0v) is 10.5. The van der Waals surface area contributed by atoms with Crippen LogP contribution in [0.4, 0.5) is 0 Å². The quantitative estimate of drug-likeness (QED) is 0.749. The zero-order valence-electron chi connectivity index (χ0n) is 8.91. The maximum absolute atomic E-state index is 11.8. The number of nitrogens with one attached hydrogen (secondary N) is 1. The average molecular weight is 256 g/mol. The first-order chi connectivity index (χ1) is 7.06. The van der Waals surface area contributed by atoms with E-state index in [4.69, 9.17) is 16.3 Å². The Morgan fingerprint density at radius 3 is 2.60 bits per heavy atom. The number of rotatable bonds is 5. The number of halogens is 1. The zero-order chi connectivity index (χ0) is 11.3. The highest BCUT2D eigenvalue weighted by atomic mass is 35.5. The molecule has 0 aromatic heterocycles. The third-order valence-electron chi connectivity index (χ3n) is 2.56. The molecular weight excluding hydrogens is 238 g/mol. The second-order valence-electron chi connectivity index (χ2n) is 3.71. The predicted octanol–water partition coefficient (Wildman–Crippen LogP) is 1.10. The minimum absolute atomic E-state index is 0.125. The molecule has 90 valence electrons. The van der Waals surface area contributed by atoms with Gasteiger partial charge in [0.1, 0.15) is 0 Å². The fourth-order valence-corrected chi connectivity index (χ4v) is 3.11. The van der Waals surface area contributed by atoms with Crippen molar-refractivity contribution < 1.29 is 13.2 Å². The summed E-state index contributed by atoms with van der Waals surface area (Å²) in [7, 11) is -3.20. The highest BCUT2D eigenvalue weighted by Crippen LogP contribution is 2.14. The van der Waals surface area contributed by atoms with E-state index in [1.165, 1.54) is 0 Å². The lowest BCUT2D eigenvalue weighted by Gasteiger charge is -2.22. The molecule has 4 nitrogen and oxygen atoms in total. The van der Waals surface area contributed by atoms with Crippen LogP contribution in [0.3, 0.4) is 0 Å². The topological polar surface area (TPSA) is 55.4 Å². The molecule has 0 bridgehead atoms. The summed E-state index contributed by atoms with van der Waals surface area (Å²) in [6, 6.07) is 0. The van der Waals surface area contributed by atoms with Gasteiger partial charge in [-0.05, 0) is 19.3 Å². The van der Waals surface area contributed by atoms with Gasteiger partial charge in [0.15, 0.2) is 0 Å². The van der Waals surface area contributed by atoms with Crippen molar-refractivity contribution in [3.05, 3.63) is 0 Å². The summed E-state index contributed by atoms with van der Waals surface area (Å²) in [5.74, 6) is 0. The van der Waals surface area contributed by atoms with E-state index in [9.17, 15) is 8.42 Å². The maximum atomic E-state index is 11.8. The smallest absolute Gasteiger partial charge is 0.214 e. The lowest BCUT2D eigenvalue weighted by atomic mass is 10.2. The summed E-state index contributed by atoms with van der Waals surface area (Å²) in [6.45, 7) is 3.31. The SMILES string of the molecule is CCC(Cl)CNS(=O)(=O)C1CCOCC1. The standard InChI is InChI=1S/C9H18ClNO3S/c1-2-8(10)7-11-15(12,13)9-3-5-14-6-4-9/h8-9,11H,2-7H2,1H3. The van der Waals surface area contributed by atoms with Gasteiger partial charge in [-0.2, -0.15) is 0 Å². The van der Waals surface area contributed by atoms with Crippen LogP contribution in [0.25, 0.3) is 0 Å². The lowest BCUT2D eigenvalue weighted by molar-refractivity contribution is 0.0981. The predicted molar refractivity (Wildman–Crippen MR) is 60.7 cm³/mol. The molecule has 15 heavy (non-hydrogen) atoms. The van der Waals surface area contributed by atoms with Crippen LogP contribution in [0.2, 0.25) is 0 Å². The molecule has 0 radical (unpaired) electrons. The Hall–Kier alpha value is 0.160. The molecule has 0 spiro atoms. The van der Waals surface area contributed by atoms with Crippen LogP contribution in [0.1, 0.15) is 26.2 Å². The van der Waals surface area contributed by atoms with Gasteiger partial charge in [-0.25, -0.2) is 13.1 Å². The van der Waals surface area contributed by atoms with E-state index in [2.05, 4.69) is 4.72 Å². The molecule has 0 aromatic carbocycles. The Kier molecular flexibility index (Phi) is 5.32. The first-order valence-electron chi connectivity index (χ1n) is 5.26. The normalized spacial score (nSPS) is 21.5. The number of ether oxygens (including phenoxy) is 1. The van der Waals surface area contributed by atoms with Gasteiger partial charge in [-0.1, -0.05) is 6.92 Å². The van der Waals surface area contributed by atoms with Crippen LogP contribution in [0.5, 0.6) is 0 Å². The Balaban J connectivity index is 2.43. The second-order valence-corrected chi connectivity index (χ2v) is 6.37. The van der Waals surface area contributed by atoms with E-state index in [1.807, 2.05) is 6.92 Å². The highest BCUT2D eigenvalue weighted by Gasteiger charge is 2.27. The summed E-state index contributed by atoms with van der Waals surface area (Å²) in [5.41, 5.74) is 0. The Labute approximate surface area is 96.4 Å². The number of hydrogen-bond acceptors (Lipinski definition) is 3. The molecule has 1 heterocycles. The molecular formula is C9H18ClNO3S. The van der Waals surface area contributed by atoms with Crippen molar-refractivity contribution in [2.75, 3.05) is 19.8 Å². The fourth-order valence-electron chi connectivity index (χ4n) is 1.46. The fraction of sp³-hybridized carbons (Fsp3) is 1.00. The third kappa shape index (κ3) is 4.26. The summed E-state index contributed by atoms with van der Waals surface area (Å²) in [4.78, 5) is 0. The highest BCUT2D eigenvalue weighted by molar-refractivity contribution is 7.90. The molecule has 6 heteroatoms. The molecule has 1 aliphatic heterocycles. The second kappa shape index (κ2) is 6.03. The molecule has 0 aliphatic carbocycles. The minimum atomic E-state index is -3.20. The summed E-state index contributed by atoms with van der Waals surface area (Å²) >= 11 is 5.86.